The number of carbonyl (C=O) groups is 1. The van der Waals surface area contributed by atoms with Gasteiger partial charge in [-0.2, -0.15) is 0 Å². The van der Waals surface area contributed by atoms with Crippen molar-refractivity contribution >= 4 is 29.0 Å². The summed E-state index contributed by atoms with van der Waals surface area (Å²) in [6.45, 7) is 4.80. The third-order valence-electron chi connectivity index (χ3n) is 4.52. The molecular weight excluding hydrogens is 336 g/mol. The molecule has 0 spiro atoms. The summed E-state index contributed by atoms with van der Waals surface area (Å²) in [6.07, 6.45) is 0.956. The van der Waals surface area contributed by atoms with Gasteiger partial charge >= 0.3 is 0 Å². The zero-order valence-corrected chi connectivity index (χ0v) is 15.0. The van der Waals surface area contributed by atoms with Crippen LogP contribution in [0, 0.1) is 10.1 Å². The molecule has 130 valence electrons. The van der Waals surface area contributed by atoms with E-state index >= 15 is 0 Å². The van der Waals surface area contributed by atoms with Gasteiger partial charge in [-0.15, -0.1) is 11.8 Å². The number of benzene rings is 2. The molecule has 0 saturated carbocycles. The predicted octanol–water partition coefficient (Wildman–Crippen LogP) is 4.62. The molecule has 2 aromatic rings. The maximum atomic E-state index is 12.9. The van der Waals surface area contributed by atoms with Crippen LogP contribution >= 0.6 is 11.8 Å². The summed E-state index contributed by atoms with van der Waals surface area (Å²) >= 11 is 1.43. The van der Waals surface area contributed by atoms with Crippen LogP contribution in [0.3, 0.4) is 0 Å². The zero-order valence-electron chi connectivity index (χ0n) is 14.2. The summed E-state index contributed by atoms with van der Waals surface area (Å²) in [5, 5.41) is 10.5. The molecule has 3 rings (SSSR count). The van der Waals surface area contributed by atoms with E-state index < -0.39 is 4.92 Å². The third-order valence-corrected chi connectivity index (χ3v) is 5.62. The molecule has 0 aliphatic carbocycles. The quantitative estimate of drug-likeness (QED) is 0.456. The van der Waals surface area contributed by atoms with Crippen LogP contribution in [0.4, 0.5) is 11.4 Å². The second-order valence-corrected chi connectivity index (χ2v) is 7.66. The average molecular weight is 356 g/mol. The van der Waals surface area contributed by atoms with Gasteiger partial charge in [-0.05, 0) is 43.0 Å². The number of fused-ring (bicyclic) bond motifs is 1. The molecule has 5 nitrogen and oxygen atoms in total. The number of hydrogen-bond donors (Lipinski definition) is 0. The van der Waals surface area contributed by atoms with Gasteiger partial charge in [0.2, 0.25) is 5.91 Å². The van der Waals surface area contributed by atoms with E-state index in [1.165, 1.54) is 29.5 Å². The van der Waals surface area contributed by atoms with Crippen LogP contribution in [0.2, 0.25) is 0 Å². The zero-order chi connectivity index (χ0) is 18.0. The first-order chi connectivity index (χ1) is 12.0. The molecule has 1 heterocycles. The summed E-state index contributed by atoms with van der Waals surface area (Å²) in [7, 11) is 0. The number of nitro groups is 1. The molecule has 25 heavy (non-hydrogen) atoms. The second kappa shape index (κ2) is 7.27. The number of nitro benzene ring substituents is 1. The number of anilines is 1. The smallest absolute Gasteiger partial charge is 0.269 e. The van der Waals surface area contributed by atoms with Gasteiger partial charge in [0, 0.05) is 29.3 Å². The van der Waals surface area contributed by atoms with Crippen molar-refractivity contribution in [1.82, 2.24) is 0 Å². The lowest BCUT2D eigenvalue weighted by molar-refractivity contribution is -0.384. The number of rotatable bonds is 4. The number of amides is 1. The van der Waals surface area contributed by atoms with Crippen LogP contribution in [-0.2, 0) is 4.79 Å². The summed E-state index contributed by atoms with van der Waals surface area (Å²) in [5.41, 5.74) is 2.28. The molecule has 1 aliphatic heterocycles. The van der Waals surface area contributed by atoms with Crippen molar-refractivity contribution in [2.45, 2.75) is 36.3 Å². The number of para-hydroxylation sites is 1. The first kappa shape index (κ1) is 17.5. The Balaban J connectivity index is 1.74. The highest BCUT2D eigenvalue weighted by Gasteiger charge is 2.29. The van der Waals surface area contributed by atoms with Gasteiger partial charge in [0.15, 0.2) is 0 Å². The fraction of sp³-hybridized carbons (Fsp3) is 0.316. The van der Waals surface area contributed by atoms with Crippen molar-refractivity contribution < 1.29 is 9.72 Å². The van der Waals surface area contributed by atoms with Crippen molar-refractivity contribution in [2.24, 2.45) is 0 Å². The summed E-state index contributed by atoms with van der Waals surface area (Å²) in [4.78, 5) is 26.0. The fourth-order valence-corrected chi connectivity index (χ4v) is 4.03. The van der Waals surface area contributed by atoms with E-state index in [2.05, 4.69) is 13.0 Å². The van der Waals surface area contributed by atoms with Crippen LogP contribution in [0.5, 0.6) is 0 Å². The van der Waals surface area contributed by atoms with E-state index in [4.69, 9.17) is 0 Å². The third kappa shape index (κ3) is 3.69. The Morgan fingerprint density at radius 3 is 2.60 bits per heavy atom. The predicted molar refractivity (Wildman–Crippen MR) is 100 cm³/mol. The number of hydrogen-bond acceptors (Lipinski definition) is 4. The molecule has 1 amide bonds. The molecule has 0 aromatic heterocycles. The van der Waals surface area contributed by atoms with Crippen LogP contribution in [0.25, 0.3) is 0 Å². The molecule has 0 saturated heterocycles. The van der Waals surface area contributed by atoms with Gasteiger partial charge in [0.25, 0.3) is 5.69 Å². The number of non-ortho nitro benzene ring substituents is 1. The monoisotopic (exact) mass is 356 g/mol. The largest absolute Gasteiger partial charge is 0.311 e. The molecule has 1 aliphatic rings. The molecule has 2 aromatic carbocycles. The minimum atomic E-state index is -0.422. The van der Waals surface area contributed by atoms with E-state index in [0.717, 1.165) is 23.5 Å². The van der Waals surface area contributed by atoms with Crippen LogP contribution < -0.4 is 4.90 Å². The van der Waals surface area contributed by atoms with Crippen molar-refractivity contribution in [3.8, 4) is 0 Å². The van der Waals surface area contributed by atoms with Crippen molar-refractivity contribution in [3.05, 3.63) is 64.2 Å². The van der Waals surface area contributed by atoms with E-state index in [-0.39, 0.29) is 16.8 Å². The second-order valence-electron chi connectivity index (χ2n) is 6.25. The molecule has 0 bridgehead atoms. The summed E-state index contributed by atoms with van der Waals surface area (Å²) < 4.78 is 0. The lowest BCUT2D eigenvalue weighted by atomic mass is 9.91. The van der Waals surface area contributed by atoms with Crippen molar-refractivity contribution in [1.29, 1.82) is 0 Å². The highest BCUT2D eigenvalue weighted by molar-refractivity contribution is 8.00. The topological polar surface area (TPSA) is 63.5 Å². The maximum Gasteiger partial charge on any atom is 0.269 e. The molecule has 6 heteroatoms. The first-order valence-electron chi connectivity index (χ1n) is 8.29. The molecule has 2 atom stereocenters. The van der Waals surface area contributed by atoms with Crippen LogP contribution in [0.15, 0.2) is 53.4 Å². The minimum Gasteiger partial charge on any atom is -0.311 e. The Hall–Kier alpha value is -2.34. The van der Waals surface area contributed by atoms with Gasteiger partial charge in [-0.1, -0.05) is 25.1 Å². The van der Waals surface area contributed by atoms with Crippen LogP contribution in [0.1, 0.15) is 31.7 Å². The van der Waals surface area contributed by atoms with E-state index in [9.17, 15) is 14.9 Å². The highest BCUT2D eigenvalue weighted by atomic mass is 32.2. The van der Waals surface area contributed by atoms with Crippen LogP contribution in [-0.4, -0.2) is 22.6 Å². The fourth-order valence-electron chi connectivity index (χ4n) is 3.10. The average Bonchev–Trinajstić information content (AvgIpc) is 2.62. The van der Waals surface area contributed by atoms with Crippen molar-refractivity contribution in [3.63, 3.8) is 0 Å². The Morgan fingerprint density at radius 1 is 1.24 bits per heavy atom. The Labute approximate surface area is 151 Å². The SMILES string of the molecule is CC(Sc1ccc([N+](=O)[O-])cc1)C(=O)N1CCC(C)c2ccccc21. The minimum absolute atomic E-state index is 0.0577. The van der Waals surface area contributed by atoms with E-state index in [1.54, 1.807) is 12.1 Å². The Bertz CT molecular complexity index is 792. The number of thioether (sulfide) groups is 1. The van der Waals surface area contributed by atoms with Gasteiger partial charge in [0.1, 0.15) is 0 Å². The normalized spacial score (nSPS) is 17.7. The van der Waals surface area contributed by atoms with Gasteiger partial charge in [0.05, 0.1) is 10.2 Å². The Kier molecular flexibility index (Phi) is 5.08. The van der Waals surface area contributed by atoms with E-state index in [0.29, 0.717) is 5.92 Å². The molecule has 0 N–H and O–H groups in total. The number of carbonyl (C=O) groups excluding carboxylic acids is 1. The maximum absolute atomic E-state index is 12.9. The van der Waals surface area contributed by atoms with E-state index in [1.807, 2.05) is 30.0 Å². The van der Waals surface area contributed by atoms with Gasteiger partial charge < -0.3 is 4.90 Å². The van der Waals surface area contributed by atoms with Gasteiger partial charge in [-0.25, -0.2) is 0 Å². The molecule has 0 fully saturated rings. The summed E-state index contributed by atoms with van der Waals surface area (Å²) in [5.74, 6) is 0.528. The number of nitrogens with zero attached hydrogens (tertiary/aromatic N) is 2. The lowest BCUT2D eigenvalue weighted by Crippen LogP contribution is -2.40. The molecular formula is C19H20N2O3S. The Morgan fingerprint density at radius 2 is 1.92 bits per heavy atom. The lowest BCUT2D eigenvalue weighted by Gasteiger charge is -2.34. The first-order valence-corrected chi connectivity index (χ1v) is 9.16. The highest BCUT2D eigenvalue weighted by Crippen LogP contribution is 2.36. The molecule has 2 unspecified atom stereocenters. The van der Waals surface area contributed by atoms with Crippen molar-refractivity contribution in [2.75, 3.05) is 11.4 Å². The standard InChI is InChI=1S/C19H20N2O3S/c1-13-11-12-20(18-6-4-3-5-17(13)18)19(22)14(2)25-16-9-7-15(8-10-16)21(23)24/h3-10,13-14H,11-12H2,1-2H3. The summed E-state index contributed by atoms with van der Waals surface area (Å²) in [6, 6.07) is 14.4. The molecule has 0 radical (unpaired) electrons. The van der Waals surface area contributed by atoms with Gasteiger partial charge in [-0.3, -0.25) is 14.9 Å².